The quantitative estimate of drug-likeness (QED) is 0.236. The molecule has 0 fully saturated rings. The van der Waals surface area contributed by atoms with Crippen LogP contribution in [0.1, 0.15) is 23.0 Å². The summed E-state index contributed by atoms with van der Waals surface area (Å²) in [6.45, 7) is 1.28. The lowest BCUT2D eigenvalue weighted by atomic mass is 10.1. The third-order valence-corrected chi connectivity index (χ3v) is 5.41. The van der Waals surface area contributed by atoms with Gasteiger partial charge in [0.15, 0.2) is 29.0 Å². The van der Waals surface area contributed by atoms with E-state index in [4.69, 9.17) is 4.42 Å². The molecule has 0 saturated carbocycles. The summed E-state index contributed by atoms with van der Waals surface area (Å²) in [4.78, 5) is 24.8. The van der Waals surface area contributed by atoms with E-state index in [-0.39, 0.29) is 5.76 Å². The van der Waals surface area contributed by atoms with Gasteiger partial charge in [0.2, 0.25) is 5.91 Å². The van der Waals surface area contributed by atoms with Gasteiger partial charge in [-0.25, -0.2) is 17.6 Å². The highest BCUT2D eigenvalue weighted by Gasteiger charge is 2.42. The van der Waals surface area contributed by atoms with Crippen molar-refractivity contribution >= 4 is 35.0 Å². The highest BCUT2D eigenvalue weighted by molar-refractivity contribution is 8.00. The molecule has 3 aromatic rings. The van der Waals surface area contributed by atoms with Gasteiger partial charge >= 0.3 is 6.18 Å². The topological polar surface area (TPSA) is 71.3 Å². The fourth-order valence-electron chi connectivity index (χ4n) is 2.72. The van der Waals surface area contributed by atoms with Crippen LogP contribution in [0.5, 0.6) is 0 Å². The largest absolute Gasteiger partial charge is 0.459 e. The monoisotopic (exact) mass is 506 g/mol. The van der Waals surface area contributed by atoms with Crippen molar-refractivity contribution in [1.82, 2.24) is 0 Å². The maximum absolute atomic E-state index is 14.0. The lowest BCUT2D eigenvalue weighted by molar-refractivity contribution is -0.143. The average Bonchev–Trinajstić information content (AvgIpc) is 3.30. The minimum atomic E-state index is -5.70. The summed E-state index contributed by atoms with van der Waals surface area (Å²) in [6.07, 6.45) is -4.39. The van der Waals surface area contributed by atoms with Gasteiger partial charge in [-0.05, 0) is 37.3 Å². The molecule has 2 aromatic carbocycles. The Morgan fingerprint density at radius 1 is 0.941 bits per heavy atom. The summed E-state index contributed by atoms with van der Waals surface area (Å²) in [7, 11) is 0. The van der Waals surface area contributed by atoms with Crippen molar-refractivity contribution in [3.63, 3.8) is 0 Å². The third-order valence-electron chi connectivity index (χ3n) is 4.31. The van der Waals surface area contributed by atoms with Gasteiger partial charge in [-0.1, -0.05) is 6.07 Å². The zero-order chi connectivity index (χ0) is 25.2. The van der Waals surface area contributed by atoms with Gasteiger partial charge < -0.3 is 15.1 Å². The highest BCUT2D eigenvalue weighted by Crippen LogP contribution is 2.38. The van der Waals surface area contributed by atoms with Crippen LogP contribution in [-0.4, -0.2) is 17.1 Å². The molecule has 13 heteroatoms. The molecule has 1 heterocycles. The van der Waals surface area contributed by atoms with Crippen molar-refractivity contribution < 1.29 is 44.7 Å². The molecule has 5 nitrogen and oxygen atoms in total. The van der Waals surface area contributed by atoms with E-state index in [9.17, 15) is 40.3 Å². The Balaban J connectivity index is 1.74. The van der Waals surface area contributed by atoms with Gasteiger partial charge in [0.05, 0.1) is 11.5 Å². The van der Waals surface area contributed by atoms with Crippen molar-refractivity contribution in [3.05, 3.63) is 77.3 Å². The number of hydrogen-bond acceptors (Lipinski definition) is 4. The minimum Gasteiger partial charge on any atom is -0.459 e. The van der Waals surface area contributed by atoms with Crippen LogP contribution < -0.4 is 10.6 Å². The zero-order valence-corrected chi connectivity index (χ0v) is 17.7. The number of amides is 2. The molecule has 0 aliphatic heterocycles. The molecule has 180 valence electrons. The Hall–Kier alpha value is -3.48. The molecule has 34 heavy (non-hydrogen) atoms. The normalized spacial score (nSPS) is 12.4. The predicted octanol–water partition coefficient (Wildman–Crippen LogP) is 6.23. The number of anilines is 2. The molecule has 1 unspecified atom stereocenters. The van der Waals surface area contributed by atoms with Crippen molar-refractivity contribution in [2.45, 2.75) is 23.2 Å². The SMILES string of the molecule is CC(Sc1cccc(NC(=O)c2ccco2)c1)C(=O)Nc1c(F)c(F)c(C(F)(F)F)c(F)c1F. The number of hydrogen-bond donors (Lipinski definition) is 2. The van der Waals surface area contributed by atoms with Crippen LogP contribution in [0.4, 0.5) is 42.1 Å². The van der Waals surface area contributed by atoms with E-state index in [1.165, 1.54) is 49.6 Å². The Labute approximate surface area is 191 Å². The standard InChI is InChI=1S/C21H13F7N2O3S/c1-9(34-11-5-2-4-10(8-11)29-20(32)12-6-3-7-33-12)19(31)30-18-16(24)14(22)13(21(26,27)28)15(23)17(18)25/h2-9H,1H3,(H,29,32)(H,30,31). The summed E-state index contributed by atoms with van der Waals surface area (Å²) < 4.78 is 98.6. The molecule has 2 amide bonds. The maximum atomic E-state index is 14.0. The first-order chi connectivity index (χ1) is 15.9. The smallest absolute Gasteiger partial charge is 0.422 e. The van der Waals surface area contributed by atoms with E-state index >= 15 is 0 Å². The average molecular weight is 506 g/mol. The lowest BCUT2D eigenvalue weighted by Gasteiger charge is -2.16. The number of thioether (sulfide) groups is 1. The van der Waals surface area contributed by atoms with Crippen LogP contribution in [0.3, 0.4) is 0 Å². The first-order valence-corrected chi connectivity index (χ1v) is 10.1. The van der Waals surface area contributed by atoms with Crippen molar-refractivity contribution in [3.8, 4) is 0 Å². The maximum Gasteiger partial charge on any atom is 0.422 e. The second kappa shape index (κ2) is 9.79. The van der Waals surface area contributed by atoms with Gasteiger partial charge in [-0.3, -0.25) is 9.59 Å². The van der Waals surface area contributed by atoms with Crippen LogP contribution in [0, 0.1) is 23.3 Å². The Morgan fingerprint density at radius 2 is 1.59 bits per heavy atom. The van der Waals surface area contributed by atoms with Crippen molar-refractivity contribution in [1.29, 1.82) is 0 Å². The van der Waals surface area contributed by atoms with E-state index in [0.29, 0.717) is 10.6 Å². The molecule has 0 aliphatic rings. The number of carbonyl (C=O) groups excluding carboxylic acids is 2. The highest BCUT2D eigenvalue weighted by atomic mass is 32.2. The number of rotatable bonds is 6. The Morgan fingerprint density at radius 3 is 2.15 bits per heavy atom. The van der Waals surface area contributed by atoms with E-state index < -0.39 is 57.8 Å². The van der Waals surface area contributed by atoms with Crippen LogP contribution in [0.15, 0.2) is 52.0 Å². The molecule has 0 saturated heterocycles. The second-order valence-corrected chi connectivity index (χ2v) is 8.13. The van der Waals surface area contributed by atoms with Gasteiger partial charge in [0.1, 0.15) is 11.3 Å². The molecule has 1 atom stereocenters. The number of benzene rings is 2. The fraction of sp³-hybridized carbons (Fsp3) is 0.143. The van der Waals surface area contributed by atoms with Crippen molar-refractivity contribution in [2.75, 3.05) is 10.6 Å². The number of alkyl halides is 3. The first kappa shape index (κ1) is 25.1. The molecule has 1 aromatic heterocycles. The van der Waals surface area contributed by atoms with Crippen molar-refractivity contribution in [2.24, 2.45) is 0 Å². The number of halogens is 7. The molecule has 0 radical (unpaired) electrons. The number of carbonyl (C=O) groups is 2. The van der Waals surface area contributed by atoms with Crippen LogP contribution in [0.25, 0.3) is 0 Å². The Kier molecular flexibility index (Phi) is 7.24. The summed E-state index contributed by atoms with van der Waals surface area (Å²) in [5.41, 5.74) is -4.10. The van der Waals surface area contributed by atoms with E-state index in [1.807, 2.05) is 0 Å². The second-order valence-electron chi connectivity index (χ2n) is 6.71. The minimum absolute atomic E-state index is 0.0471. The van der Waals surface area contributed by atoms with Crippen LogP contribution >= 0.6 is 11.8 Å². The number of furan rings is 1. The summed E-state index contributed by atoms with van der Waals surface area (Å²) in [5.74, 6) is -11.8. The third kappa shape index (κ3) is 5.35. The number of nitrogens with one attached hydrogen (secondary N) is 2. The molecular weight excluding hydrogens is 493 g/mol. The molecule has 0 spiro atoms. The van der Waals surface area contributed by atoms with Gasteiger partial charge in [0.25, 0.3) is 5.91 Å². The molecule has 0 bridgehead atoms. The lowest BCUT2D eigenvalue weighted by Crippen LogP contribution is -2.25. The van der Waals surface area contributed by atoms with E-state index in [2.05, 4.69) is 5.32 Å². The van der Waals surface area contributed by atoms with Crippen LogP contribution in [0.2, 0.25) is 0 Å². The van der Waals surface area contributed by atoms with Gasteiger partial charge in [-0.15, -0.1) is 11.8 Å². The fourth-order valence-corrected chi connectivity index (χ4v) is 3.65. The van der Waals surface area contributed by atoms with E-state index in [0.717, 1.165) is 11.8 Å². The first-order valence-electron chi connectivity index (χ1n) is 9.25. The van der Waals surface area contributed by atoms with E-state index in [1.54, 1.807) is 5.32 Å². The molecule has 3 rings (SSSR count). The molecule has 0 aliphatic carbocycles. The molecular formula is C21H13F7N2O3S. The predicted molar refractivity (Wildman–Crippen MR) is 108 cm³/mol. The summed E-state index contributed by atoms with van der Waals surface area (Å²) >= 11 is 0.838. The Bertz CT molecular complexity index is 1200. The van der Waals surface area contributed by atoms with Crippen LogP contribution in [-0.2, 0) is 11.0 Å². The zero-order valence-electron chi connectivity index (χ0n) is 16.9. The van der Waals surface area contributed by atoms with Gasteiger partial charge in [0, 0.05) is 10.6 Å². The summed E-state index contributed by atoms with van der Waals surface area (Å²) in [5, 5.41) is 3.01. The summed E-state index contributed by atoms with van der Waals surface area (Å²) in [6, 6.07) is 9.02. The molecule has 2 N–H and O–H groups in total. The van der Waals surface area contributed by atoms with Gasteiger partial charge in [-0.2, -0.15) is 13.2 Å².